The van der Waals surface area contributed by atoms with Crippen LogP contribution >= 0.6 is 0 Å². The fourth-order valence-electron chi connectivity index (χ4n) is 9.15. The smallest absolute Gasteiger partial charge is 0.132 e. The van der Waals surface area contributed by atoms with Crippen LogP contribution in [-0.2, 0) is 5.41 Å². The van der Waals surface area contributed by atoms with E-state index in [1.54, 1.807) is 0 Å². The van der Waals surface area contributed by atoms with Crippen LogP contribution < -0.4 is 9.64 Å². The molecule has 2 aliphatic rings. The monoisotopic (exact) mass is 727 g/mol. The number of ether oxygens (including phenoxy) is 1. The number of benzene rings is 9. The van der Waals surface area contributed by atoms with Gasteiger partial charge in [0.2, 0.25) is 0 Å². The van der Waals surface area contributed by atoms with Crippen molar-refractivity contribution in [3.05, 3.63) is 247 Å². The van der Waals surface area contributed by atoms with Crippen molar-refractivity contribution in [2.75, 3.05) is 4.90 Å². The van der Waals surface area contributed by atoms with Gasteiger partial charge in [0.25, 0.3) is 0 Å². The van der Waals surface area contributed by atoms with Crippen LogP contribution in [0.2, 0.25) is 0 Å². The first kappa shape index (κ1) is 33.0. The molecule has 1 spiro atoms. The summed E-state index contributed by atoms with van der Waals surface area (Å²) in [5.41, 5.74) is 17.4. The van der Waals surface area contributed by atoms with E-state index in [2.05, 4.69) is 229 Å². The maximum Gasteiger partial charge on any atom is 0.132 e. The van der Waals surface area contributed by atoms with Crippen LogP contribution in [0.5, 0.6) is 11.5 Å². The minimum atomic E-state index is -0.498. The molecule has 0 amide bonds. The Bertz CT molecular complexity index is 2770. The quantitative estimate of drug-likeness (QED) is 0.169. The lowest BCUT2D eigenvalue weighted by atomic mass is 9.66. The van der Waals surface area contributed by atoms with E-state index >= 15 is 0 Å². The lowest BCUT2D eigenvalue weighted by Crippen LogP contribution is -2.32. The molecule has 11 rings (SSSR count). The molecule has 0 fully saturated rings. The fraction of sp³-hybridized carbons (Fsp3) is 0.0182. The van der Waals surface area contributed by atoms with E-state index in [0.717, 1.165) is 28.6 Å². The maximum absolute atomic E-state index is 6.57. The van der Waals surface area contributed by atoms with Crippen molar-refractivity contribution in [2.24, 2.45) is 0 Å². The second-order valence-corrected chi connectivity index (χ2v) is 14.9. The molecule has 1 heterocycles. The molecular weight excluding hydrogens is 691 g/mol. The molecule has 2 heteroatoms. The van der Waals surface area contributed by atoms with Gasteiger partial charge in [-0.15, -0.1) is 0 Å². The van der Waals surface area contributed by atoms with Gasteiger partial charge in [0.15, 0.2) is 0 Å². The van der Waals surface area contributed by atoms with Crippen molar-refractivity contribution in [2.45, 2.75) is 5.41 Å². The number of nitrogens with zero attached hydrogens (tertiary/aromatic N) is 1. The van der Waals surface area contributed by atoms with Crippen molar-refractivity contribution in [3.63, 3.8) is 0 Å². The summed E-state index contributed by atoms with van der Waals surface area (Å²) in [4.78, 5) is 2.34. The number of rotatable bonds is 6. The van der Waals surface area contributed by atoms with Crippen molar-refractivity contribution >= 4 is 17.1 Å². The molecule has 0 N–H and O–H groups in total. The molecule has 268 valence electrons. The van der Waals surface area contributed by atoms with Gasteiger partial charge in [-0.1, -0.05) is 170 Å². The van der Waals surface area contributed by atoms with E-state index in [9.17, 15) is 0 Å². The summed E-state index contributed by atoms with van der Waals surface area (Å²) in [6.45, 7) is 0. The van der Waals surface area contributed by atoms with E-state index in [4.69, 9.17) is 4.74 Å². The summed E-state index contributed by atoms with van der Waals surface area (Å²) in [6, 6.07) is 80.9. The van der Waals surface area contributed by atoms with Crippen molar-refractivity contribution in [3.8, 4) is 56.0 Å². The molecule has 0 bridgehead atoms. The normalized spacial score (nSPS) is 12.8. The Morgan fingerprint density at radius 1 is 0.281 bits per heavy atom. The second-order valence-electron chi connectivity index (χ2n) is 14.9. The van der Waals surface area contributed by atoms with Gasteiger partial charge in [-0.3, -0.25) is 0 Å². The molecule has 1 aliphatic heterocycles. The largest absolute Gasteiger partial charge is 0.457 e. The third kappa shape index (κ3) is 5.33. The van der Waals surface area contributed by atoms with Crippen LogP contribution in [0.1, 0.15) is 22.3 Å². The Morgan fingerprint density at radius 3 is 1.16 bits per heavy atom. The Hall–Kier alpha value is -7.42. The minimum absolute atomic E-state index is 0.498. The first-order valence-electron chi connectivity index (χ1n) is 19.6. The van der Waals surface area contributed by atoms with Crippen LogP contribution in [0.4, 0.5) is 17.1 Å². The average Bonchev–Trinajstić information content (AvgIpc) is 3.58. The molecule has 0 aromatic heterocycles. The number of anilines is 3. The SMILES string of the molecule is c1ccc(-c2ccc(N(c3ccc(-c4ccccc4)cc3)c3ccc(-c4ccc5c(c4)C4(c6ccccc6Oc6ccccc64)c4ccccc4-5)cc3)cc2)cc1. The fourth-order valence-corrected chi connectivity index (χ4v) is 9.15. The predicted octanol–water partition coefficient (Wildman–Crippen LogP) is 14.6. The lowest BCUT2D eigenvalue weighted by molar-refractivity contribution is 0.436. The number of hydrogen-bond acceptors (Lipinski definition) is 2. The van der Waals surface area contributed by atoms with Gasteiger partial charge in [-0.05, 0) is 110 Å². The molecule has 0 saturated carbocycles. The molecule has 9 aromatic carbocycles. The maximum atomic E-state index is 6.57. The molecule has 9 aromatic rings. The third-order valence-electron chi connectivity index (χ3n) is 11.8. The van der Waals surface area contributed by atoms with Crippen molar-refractivity contribution in [1.82, 2.24) is 0 Å². The molecule has 1 aliphatic carbocycles. The molecule has 0 atom stereocenters. The zero-order valence-electron chi connectivity index (χ0n) is 31.2. The Balaban J connectivity index is 1.02. The lowest BCUT2D eigenvalue weighted by Gasteiger charge is -2.39. The van der Waals surface area contributed by atoms with Crippen LogP contribution in [-0.4, -0.2) is 0 Å². The van der Waals surface area contributed by atoms with Crippen LogP contribution in [0.15, 0.2) is 224 Å². The number of fused-ring (bicyclic) bond motifs is 9. The summed E-state index contributed by atoms with van der Waals surface area (Å²) in [5, 5.41) is 0. The highest BCUT2D eigenvalue weighted by atomic mass is 16.5. The summed E-state index contributed by atoms with van der Waals surface area (Å²) in [7, 11) is 0. The second kappa shape index (κ2) is 13.4. The molecule has 57 heavy (non-hydrogen) atoms. The Kier molecular flexibility index (Phi) is 7.75. The summed E-state index contributed by atoms with van der Waals surface area (Å²) >= 11 is 0. The summed E-state index contributed by atoms with van der Waals surface area (Å²) in [6.07, 6.45) is 0. The van der Waals surface area contributed by atoms with E-state index in [0.29, 0.717) is 0 Å². The topological polar surface area (TPSA) is 12.5 Å². The van der Waals surface area contributed by atoms with E-state index in [1.807, 2.05) is 0 Å². The van der Waals surface area contributed by atoms with Crippen LogP contribution in [0.3, 0.4) is 0 Å². The third-order valence-corrected chi connectivity index (χ3v) is 11.8. The molecule has 0 unspecified atom stereocenters. The van der Waals surface area contributed by atoms with E-state index in [-0.39, 0.29) is 0 Å². The van der Waals surface area contributed by atoms with E-state index in [1.165, 1.54) is 66.8 Å². The number of hydrogen-bond donors (Lipinski definition) is 0. The summed E-state index contributed by atoms with van der Waals surface area (Å²) < 4.78 is 6.57. The first-order chi connectivity index (χ1) is 28.3. The zero-order chi connectivity index (χ0) is 37.8. The van der Waals surface area contributed by atoms with Crippen molar-refractivity contribution < 1.29 is 4.74 Å². The van der Waals surface area contributed by atoms with Gasteiger partial charge in [0.05, 0.1) is 5.41 Å². The highest BCUT2D eigenvalue weighted by Crippen LogP contribution is 2.62. The van der Waals surface area contributed by atoms with Crippen molar-refractivity contribution in [1.29, 1.82) is 0 Å². The van der Waals surface area contributed by atoms with Gasteiger partial charge < -0.3 is 9.64 Å². The first-order valence-corrected chi connectivity index (χ1v) is 19.6. The van der Waals surface area contributed by atoms with Gasteiger partial charge in [-0.25, -0.2) is 0 Å². The average molecular weight is 728 g/mol. The summed E-state index contributed by atoms with van der Waals surface area (Å²) in [5.74, 6) is 1.81. The molecule has 0 radical (unpaired) electrons. The number of para-hydroxylation sites is 2. The van der Waals surface area contributed by atoms with Gasteiger partial charge in [-0.2, -0.15) is 0 Å². The Labute approximate surface area is 333 Å². The van der Waals surface area contributed by atoms with Gasteiger partial charge >= 0.3 is 0 Å². The predicted molar refractivity (Wildman–Crippen MR) is 235 cm³/mol. The highest BCUT2D eigenvalue weighted by Gasteiger charge is 2.51. The highest BCUT2D eigenvalue weighted by molar-refractivity contribution is 5.90. The van der Waals surface area contributed by atoms with Crippen LogP contribution in [0, 0.1) is 0 Å². The molecular formula is C55H37NO. The van der Waals surface area contributed by atoms with Gasteiger partial charge in [0.1, 0.15) is 11.5 Å². The minimum Gasteiger partial charge on any atom is -0.457 e. The molecule has 0 saturated heterocycles. The zero-order valence-corrected chi connectivity index (χ0v) is 31.2. The van der Waals surface area contributed by atoms with Gasteiger partial charge in [0, 0.05) is 28.2 Å². The standard InChI is InChI=1S/C55H37NO/c1-3-13-38(14-4-1)40-23-30-44(31-24-40)56(45-32-25-41(26-33-45)39-15-5-2-6-16-39)46-34-27-42(28-35-46)43-29-36-48-47-17-7-8-18-49(47)55(52(48)37-43)50-19-9-11-21-53(50)57-54-22-12-10-20-51(54)55/h1-37H. The molecule has 2 nitrogen and oxygen atoms in total. The van der Waals surface area contributed by atoms with Crippen LogP contribution in [0.25, 0.3) is 44.5 Å². The Morgan fingerprint density at radius 2 is 0.649 bits per heavy atom. The van der Waals surface area contributed by atoms with E-state index < -0.39 is 5.41 Å².